The van der Waals surface area contributed by atoms with Gasteiger partial charge in [-0.1, -0.05) is 57.2 Å². The Morgan fingerprint density at radius 3 is 2.06 bits per heavy atom. The van der Waals surface area contributed by atoms with Crippen LogP contribution in [0.4, 0.5) is 0 Å². The number of rotatable bonds is 2. The molecule has 0 N–H and O–H groups in total. The lowest BCUT2D eigenvalue weighted by atomic mass is 9.84. The van der Waals surface area contributed by atoms with E-state index in [0.717, 1.165) is 5.75 Å². The summed E-state index contributed by atoms with van der Waals surface area (Å²) in [7, 11) is 1.73. The van der Waals surface area contributed by atoms with E-state index in [9.17, 15) is 0 Å². The van der Waals surface area contributed by atoms with Crippen molar-refractivity contribution >= 4 is 0 Å². The molecule has 0 bridgehead atoms. The van der Waals surface area contributed by atoms with Gasteiger partial charge in [0.1, 0.15) is 5.75 Å². The highest BCUT2D eigenvalue weighted by Gasteiger charge is 2.19. The molecule has 0 atom stereocenters. The number of methoxy groups -OCH3 is 1. The van der Waals surface area contributed by atoms with E-state index in [-0.39, 0.29) is 5.41 Å². The Kier molecular flexibility index (Phi) is 3.42. The van der Waals surface area contributed by atoms with E-state index >= 15 is 0 Å². The molecule has 1 heteroatoms. The summed E-state index contributed by atoms with van der Waals surface area (Å²) >= 11 is 0. The Hall–Kier alpha value is -1.76. The highest BCUT2D eigenvalue weighted by molar-refractivity contribution is 5.66. The first-order chi connectivity index (χ1) is 8.52. The summed E-state index contributed by atoms with van der Waals surface area (Å²) in [5.41, 5.74) is 3.80. The molecule has 0 aliphatic heterocycles. The quantitative estimate of drug-likeness (QED) is 0.741. The summed E-state index contributed by atoms with van der Waals surface area (Å²) in [6, 6.07) is 16.8. The zero-order valence-electron chi connectivity index (χ0n) is 11.5. The van der Waals surface area contributed by atoms with Crippen molar-refractivity contribution in [2.75, 3.05) is 7.11 Å². The molecule has 94 valence electrons. The summed E-state index contributed by atoms with van der Waals surface area (Å²) in [5, 5.41) is 0. The molecular formula is C17H20O. The topological polar surface area (TPSA) is 9.23 Å². The van der Waals surface area contributed by atoms with Crippen molar-refractivity contribution in [2.45, 2.75) is 26.2 Å². The van der Waals surface area contributed by atoms with Crippen LogP contribution in [0.1, 0.15) is 26.3 Å². The minimum Gasteiger partial charge on any atom is -0.496 e. The monoisotopic (exact) mass is 240 g/mol. The number of ether oxygens (including phenoxy) is 1. The van der Waals surface area contributed by atoms with Crippen LogP contribution in [-0.2, 0) is 5.41 Å². The molecule has 0 aliphatic rings. The van der Waals surface area contributed by atoms with Crippen molar-refractivity contribution in [3.63, 3.8) is 0 Å². The van der Waals surface area contributed by atoms with E-state index in [1.807, 2.05) is 6.07 Å². The molecule has 1 nitrogen and oxygen atoms in total. The van der Waals surface area contributed by atoms with E-state index in [4.69, 9.17) is 4.74 Å². The third-order valence-electron chi connectivity index (χ3n) is 3.11. The predicted molar refractivity (Wildman–Crippen MR) is 77.1 cm³/mol. The average Bonchev–Trinajstić information content (AvgIpc) is 2.38. The number of hydrogen-bond donors (Lipinski definition) is 0. The fourth-order valence-corrected chi connectivity index (χ4v) is 2.10. The largest absolute Gasteiger partial charge is 0.496 e. The maximum atomic E-state index is 5.46. The number of hydrogen-bond acceptors (Lipinski definition) is 1. The summed E-state index contributed by atoms with van der Waals surface area (Å²) in [5.74, 6) is 0.960. The van der Waals surface area contributed by atoms with Gasteiger partial charge in [-0.3, -0.25) is 0 Å². The molecule has 18 heavy (non-hydrogen) atoms. The zero-order chi connectivity index (χ0) is 13.2. The van der Waals surface area contributed by atoms with Crippen LogP contribution in [-0.4, -0.2) is 7.11 Å². The summed E-state index contributed by atoms with van der Waals surface area (Å²) in [4.78, 5) is 0. The van der Waals surface area contributed by atoms with Gasteiger partial charge in [0, 0.05) is 5.56 Å². The molecule has 0 fully saturated rings. The SMILES string of the molecule is COc1ccc(-c2ccccc2)cc1C(C)(C)C. The van der Waals surface area contributed by atoms with Crippen LogP contribution in [0.25, 0.3) is 11.1 Å². The van der Waals surface area contributed by atoms with Gasteiger partial charge in [0.25, 0.3) is 0 Å². The molecule has 0 spiro atoms. The van der Waals surface area contributed by atoms with Gasteiger partial charge >= 0.3 is 0 Å². The summed E-state index contributed by atoms with van der Waals surface area (Å²) < 4.78 is 5.46. The van der Waals surface area contributed by atoms with Gasteiger partial charge in [-0.15, -0.1) is 0 Å². The average molecular weight is 240 g/mol. The molecule has 0 heterocycles. The Labute approximate surface area is 109 Å². The van der Waals surface area contributed by atoms with Gasteiger partial charge in [-0.25, -0.2) is 0 Å². The van der Waals surface area contributed by atoms with Crippen LogP contribution in [0, 0.1) is 0 Å². The van der Waals surface area contributed by atoms with Crippen molar-refractivity contribution in [3.05, 3.63) is 54.1 Å². The third kappa shape index (κ3) is 2.56. The molecule has 0 radical (unpaired) electrons. The van der Waals surface area contributed by atoms with E-state index in [1.165, 1.54) is 16.7 Å². The fourth-order valence-electron chi connectivity index (χ4n) is 2.10. The Morgan fingerprint density at radius 2 is 1.50 bits per heavy atom. The van der Waals surface area contributed by atoms with Crippen molar-refractivity contribution < 1.29 is 4.74 Å². The van der Waals surface area contributed by atoms with E-state index in [1.54, 1.807) is 7.11 Å². The van der Waals surface area contributed by atoms with Gasteiger partial charge in [-0.2, -0.15) is 0 Å². The minimum atomic E-state index is 0.0795. The van der Waals surface area contributed by atoms with Crippen molar-refractivity contribution in [3.8, 4) is 16.9 Å². The smallest absolute Gasteiger partial charge is 0.122 e. The van der Waals surface area contributed by atoms with E-state index in [2.05, 4.69) is 63.2 Å². The van der Waals surface area contributed by atoms with Gasteiger partial charge in [0.05, 0.1) is 7.11 Å². The fraction of sp³-hybridized carbons (Fsp3) is 0.294. The summed E-state index contributed by atoms with van der Waals surface area (Å²) in [6.07, 6.45) is 0. The molecule has 0 unspecified atom stereocenters. The Balaban J connectivity index is 2.53. The molecule has 2 aromatic rings. The third-order valence-corrected chi connectivity index (χ3v) is 3.11. The first-order valence-electron chi connectivity index (χ1n) is 6.26. The van der Waals surface area contributed by atoms with Gasteiger partial charge in [0.2, 0.25) is 0 Å². The predicted octanol–water partition coefficient (Wildman–Crippen LogP) is 4.66. The van der Waals surface area contributed by atoms with Crippen molar-refractivity contribution in [2.24, 2.45) is 0 Å². The van der Waals surface area contributed by atoms with Gasteiger partial charge < -0.3 is 4.74 Å². The van der Waals surface area contributed by atoms with Crippen LogP contribution in [0.15, 0.2) is 48.5 Å². The van der Waals surface area contributed by atoms with Gasteiger partial charge in [-0.05, 0) is 28.7 Å². The molecular weight excluding hydrogens is 220 g/mol. The maximum Gasteiger partial charge on any atom is 0.122 e. The van der Waals surface area contributed by atoms with Crippen molar-refractivity contribution in [1.29, 1.82) is 0 Å². The molecule has 0 aromatic heterocycles. The second-order valence-electron chi connectivity index (χ2n) is 5.53. The van der Waals surface area contributed by atoms with Crippen LogP contribution in [0.2, 0.25) is 0 Å². The highest BCUT2D eigenvalue weighted by Crippen LogP contribution is 2.34. The molecule has 0 saturated carbocycles. The van der Waals surface area contributed by atoms with E-state index in [0.29, 0.717) is 0 Å². The Morgan fingerprint density at radius 1 is 0.833 bits per heavy atom. The van der Waals surface area contributed by atoms with Crippen LogP contribution in [0.3, 0.4) is 0 Å². The lowest BCUT2D eigenvalue weighted by Gasteiger charge is -2.23. The lowest BCUT2D eigenvalue weighted by molar-refractivity contribution is 0.397. The second-order valence-corrected chi connectivity index (χ2v) is 5.53. The normalized spacial score (nSPS) is 11.3. The molecule has 2 rings (SSSR count). The molecule has 0 amide bonds. The highest BCUT2D eigenvalue weighted by atomic mass is 16.5. The standard InChI is InChI=1S/C17H20O/c1-17(2,3)15-12-14(10-11-16(15)18-4)13-8-6-5-7-9-13/h5-12H,1-4H3. The maximum absolute atomic E-state index is 5.46. The lowest BCUT2D eigenvalue weighted by Crippen LogP contribution is -2.12. The second kappa shape index (κ2) is 4.85. The van der Waals surface area contributed by atoms with Crippen LogP contribution < -0.4 is 4.74 Å². The number of benzene rings is 2. The summed E-state index contributed by atoms with van der Waals surface area (Å²) in [6.45, 7) is 6.62. The molecule has 2 aromatic carbocycles. The van der Waals surface area contributed by atoms with Crippen molar-refractivity contribution in [1.82, 2.24) is 0 Å². The van der Waals surface area contributed by atoms with E-state index < -0.39 is 0 Å². The Bertz CT molecular complexity index is 521. The minimum absolute atomic E-state index is 0.0795. The van der Waals surface area contributed by atoms with Crippen LogP contribution in [0.5, 0.6) is 5.75 Å². The van der Waals surface area contributed by atoms with Crippen LogP contribution >= 0.6 is 0 Å². The molecule has 0 saturated heterocycles. The zero-order valence-corrected chi connectivity index (χ0v) is 11.5. The first kappa shape index (κ1) is 12.7. The van der Waals surface area contributed by atoms with Gasteiger partial charge in [0.15, 0.2) is 0 Å². The first-order valence-corrected chi connectivity index (χ1v) is 6.26. The molecule has 0 aliphatic carbocycles.